The first-order valence-corrected chi connectivity index (χ1v) is 10.1. The minimum Gasteiger partial charge on any atom is -0.459 e. The molecule has 25 heavy (non-hydrogen) atoms. The minimum absolute atomic E-state index is 0.423. The molecule has 2 atom stereocenters. The molecule has 0 spiro atoms. The Labute approximate surface area is 152 Å². The summed E-state index contributed by atoms with van der Waals surface area (Å²) in [6, 6.07) is 16.1. The number of hydrogen-bond donors (Lipinski definition) is 0. The van der Waals surface area contributed by atoms with Crippen molar-refractivity contribution in [2.75, 3.05) is 20.6 Å². The number of benzene rings is 1. The van der Waals surface area contributed by atoms with Crippen molar-refractivity contribution in [3.05, 3.63) is 59.5 Å². The average molecular weight is 339 g/mol. The van der Waals surface area contributed by atoms with Crippen LogP contribution in [-0.4, -0.2) is 25.1 Å². The van der Waals surface area contributed by atoms with Crippen LogP contribution >= 0.6 is 0 Å². The molecule has 2 heterocycles. The van der Waals surface area contributed by atoms with Gasteiger partial charge in [-0.2, -0.15) is 0 Å². The Hall–Kier alpha value is -1.54. The zero-order valence-electron chi connectivity index (χ0n) is 15.8. The molecule has 2 heteroatoms. The van der Waals surface area contributed by atoms with E-state index in [1.54, 1.807) is 0 Å². The van der Waals surface area contributed by atoms with E-state index in [-0.39, 0.29) is 0 Å². The molecule has 1 saturated carbocycles. The lowest BCUT2D eigenvalue weighted by molar-refractivity contribution is -0.909. The van der Waals surface area contributed by atoms with Gasteiger partial charge in [0.25, 0.3) is 0 Å². The first kappa shape index (κ1) is 16.9. The van der Waals surface area contributed by atoms with Gasteiger partial charge in [0.2, 0.25) is 0 Å². The molecular formula is C23H32NO+. The summed E-state index contributed by atoms with van der Waals surface area (Å²) in [6.07, 6.45) is 9.36. The fraction of sp³-hybridized carbons (Fsp3) is 0.565. The molecule has 2 unspecified atom stereocenters. The second-order valence-electron chi connectivity index (χ2n) is 8.69. The van der Waals surface area contributed by atoms with Gasteiger partial charge in [-0.05, 0) is 36.5 Å². The summed E-state index contributed by atoms with van der Waals surface area (Å²) in [4.78, 5) is 0. The Bertz CT molecular complexity index is 681. The van der Waals surface area contributed by atoms with Gasteiger partial charge in [-0.1, -0.05) is 49.6 Å². The van der Waals surface area contributed by atoms with Crippen molar-refractivity contribution in [1.82, 2.24) is 0 Å². The van der Waals surface area contributed by atoms with E-state index in [9.17, 15) is 0 Å². The van der Waals surface area contributed by atoms with Crippen LogP contribution in [0.3, 0.4) is 0 Å². The molecule has 0 N–H and O–H groups in total. The van der Waals surface area contributed by atoms with Crippen LogP contribution in [-0.2, 0) is 0 Å². The zero-order chi connectivity index (χ0) is 17.3. The maximum Gasteiger partial charge on any atom is 0.161 e. The summed E-state index contributed by atoms with van der Waals surface area (Å²) in [6.45, 7) is 1.26. The molecule has 0 radical (unpaired) electrons. The van der Waals surface area contributed by atoms with Crippen molar-refractivity contribution in [2.24, 2.45) is 5.92 Å². The third-order valence-electron chi connectivity index (χ3n) is 6.62. The Morgan fingerprint density at radius 3 is 2.32 bits per heavy atom. The van der Waals surface area contributed by atoms with Gasteiger partial charge in [-0.15, -0.1) is 0 Å². The SMILES string of the molecule is C[N+]1(C)CCCC1c1ccc(C(c2ccccc2)C2CCCCC2)o1. The van der Waals surface area contributed by atoms with Crippen molar-refractivity contribution in [3.63, 3.8) is 0 Å². The van der Waals surface area contributed by atoms with Crippen LogP contribution in [0.15, 0.2) is 46.9 Å². The van der Waals surface area contributed by atoms with Gasteiger partial charge in [0.15, 0.2) is 5.76 Å². The van der Waals surface area contributed by atoms with E-state index >= 15 is 0 Å². The molecule has 0 bridgehead atoms. The summed E-state index contributed by atoms with van der Waals surface area (Å²) in [5.41, 5.74) is 1.43. The quantitative estimate of drug-likeness (QED) is 0.632. The number of quaternary nitrogens is 1. The van der Waals surface area contributed by atoms with Gasteiger partial charge < -0.3 is 8.90 Å². The highest BCUT2D eigenvalue weighted by atomic mass is 16.3. The Morgan fingerprint density at radius 1 is 0.880 bits per heavy atom. The van der Waals surface area contributed by atoms with Crippen LogP contribution in [0, 0.1) is 5.92 Å². The van der Waals surface area contributed by atoms with E-state index in [0.29, 0.717) is 12.0 Å². The Morgan fingerprint density at radius 2 is 1.64 bits per heavy atom. The van der Waals surface area contributed by atoms with Crippen LogP contribution in [0.1, 0.15) is 74.0 Å². The lowest BCUT2D eigenvalue weighted by atomic mass is 9.76. The molecule has 2 nitrogen and oxygen atoms in total. The number of nitrogens with zero attached hydrogens (tertiary/aromatic N) is 1. The summed E-state index contributed by atoms with van der Waals surface area (Å²) in [5.74, 6) is 3.54. The van der Waals surface area contributed by atoms with Crippen molar-refractivity contribution in [1.29, 1.82) is 0 Å². The third kappa shape index (κ3) is 3.42. The van der Waals surface area contributed by atoms with E-state index in [2.05, 4.69) is 56.6 Å². The molecule has 1 aliphatic carbocycles. The number of hydrogen-bond acceptors (Lipinski definition) is 1. The normalized spacial score (nSPS) is 25.1. The average Bonchev–Trinajstić information content (AvgIpc) is 3.23. The standard InChI is InChI=1S/C23H32NO/c1-24(2)17-9-14-20(24)21-15-16-22(25-21)23(18-10-5-3-6-11-18)19-12-7-4-8-13-19/h3,5-6,10-11,15-16,19-20,23H,4,7-9,12-14,17H2,1-2H3/q+1. The lowest BCUT2D eigenvalue weighted by Crippen LogP contribution is -2.38. The molecule has 2 aromatic rings. The summed E-state index contributed by atoms with van der Waals surface area (Å²) < 4.78 is 7.62. The molecule has 1 aromatic carbocycles. The summed E-state index contributed by atoms with van der Waals surface area (Å²) in [7, 11) is 4.69. The van der Waals surface area contributed by atoms with Crippen molar-refractivity contribution in [2.45, 2.75) is 56.9 Å². The summed E-state index contributed by atoms with van der Waals surface area (Å²) >= 11 is 0. The van der Waals surface area contributed by atoms with Crippen molar-refractivity contribution in [3.8, 4) is 0 Å². The monoisotopic (exact) mass is 338 g/mol. The van der Waals surface area contributed by atoms with Crippen LogP contribution in [0.2, 0.25) is 0 Å². The van der Waals surface area contributed by atoms with E-state index in [1.807, 2.05) is 0 Å². The summed E-state index contributed by atoms with van der Waals surface area (Å²) in [5, 5.41) is 0. The Kier molecular flexibility index (Phi) is 4.73. The Balaban J connectivity index is 1.66. The van der Waals surface area contributed by atoms with E-state index in [1.165, 1.54) is 68.6 Å². The maximum absolute atomic E-state index is 6.56. The molecule has 1 aliphatic heterocycles. The fourth-order valence-corrected chi connectivity index (χ4v) is 5.20. The predicted octanol–water partition coefficient (Wildman–Crippen LogP) is 5.90. The minimum atomic E-state index is 0.423. The van der Waals surface area contributed by atoms with Gasteiger partial charge in [0, 0.05) is 18.8 Å². The predicted molar refractivity (Wildman–Crippen MR) is 103 cm³/mol. The first-order chi connectivity index (χ1) is 12.1. The van der Waals surface area contributed by atoms with Crippen molar-refractivity contribution >= 4 is 0 Å². The maximum atomic E-state index is 6.56. The van der Waals surface area contributed by atoms with Crippen LogP contribution in [0.4, 0.5) is 0 Å². The largest absolute Gasteiger partial charge is 0.459 e. The molecule has 4 rings (SSSR count). The molecule has 1 aromatic heterocycles. The van der Waals surface area contributed by atoms with Gasteiger partial charge >= 0.3 is 0 Å². The van der Waals surface area contributed by atoms with Gasteiger partial charge in [0.05, 0.1) is 20.6 Å². The highest BCUT2D eigenvalue weighted by molar-refractivity contribution is 5.29. The highest BCUT2D eigenvalue weighted by Crippen LogP contribution is 2.43. The molecule has 1 saturated heterocycles. The number of rotatable bonds is 4. The number of furan rings is 1. The number of likely N-dealkylation sites (tertiary alicyclic amines) is 1. The topological polar surface area (TPSA) is 13.1 Å². The van der Waals surface area contributed by atoms with Gasteiger partial charge in [-0.25, -0.2) is 0 Å². The lowest BCUT2D eigenvalue weighted by Gasteiger charge is -2.31. The first-order valence-electron chi connectivity index (χ1n) is 10.1. The van der Waals surface area contributed by atoms with E-state index in [4.69, 9.17) is 4.42 Å². The third-order valence-corrected chi connectivity index (χ3v) is 6.62. The van der Waals surface area contributed by atoms with Crippen molar-refractivity contribution < 1.29 is 8.90 Å². The second kappa shape index (κ2) is 6.99. The van der Waals surface area contributed by atoms with Crippen LogP contribution in [0.25, 0.3) is 0 Å². The van der Waals surface area contributed by atoms with Gasteiger partial charge in [0.1, 0.15) is 11.8 Å². The van der Waals surface area contributed by atoms with E-state index < -0.39 is 0 Å². The highest BCUT2D eigenvalue weighted by Gasteiger charge is 2.38. The molecule has 2 aliphatic rings. The molecule has 0 amide bonds. The second-order valence-corrected chi connectivity index (χ2v) is 8.69. The molecular weight excluding hydrogens is 306 g/mol. The van der Waals surface area contributed by atoms with E-state index in [0.717, 1.165) is 10.4 Å². The fourth-order valence-electron chi connectivity index (χ4n) is 5.20. The molecule has 134 valence electrons. The van der Waals surface area contributed by atoms with Crippen LogP contribution in [0.5, 0.6) is 0 Å². The zero-order valence-corrected chi connectivity index (χ0v) is 15.8. The molecule has 2 fully saturated rings. The van der Waals surface area contributed by atoms with Crippen LogP contribution < -0.4 is 0 Å². The smallest absolute Gasteiger partial charge is 0.161 e. The van der Waals surface area contributed by atoms with Gasteiger partial charge in [-0.3, -0.25) is 0 Å².